The van der Waals surface area contributed by atoms with Crippen LogP contribution in [0.3, 0.4) is 0 Å². The molecule has 2 rings (SSSR count). The molecule has 5 nitrogen and oxygen atoms in total. The van der Waals surface area contributed by atoms with Crippen molar-refractivity contribution in [1.82, 2.24) is 0 Å². The number of nitrogens with zero attached hydrogens (tertiary/aromatic N) is 1. The summed E-state index contributed by atoms with van der Waals surface area (Å²) in [6.45, 7) is 2.79. The molecule has 0 aliphatic rings. The summed E-state index contributed by atoms with van der Waals surface area (Å²) in [5.41, 5.74) is 0.460. The number of benzene rings is 1. The maximum absolute atomic E-state index is 11.1. The van der Waals surface area contributed by atoms with Crippen molar-refractivity contribution in [3.8, 4) is 5.75 Å². The highest BCUT2D eigenvalue weighted by atomic mass is 35.5. The second-order valence-corrected chi connectivity index (χ2v) is 5.73. The van der Waals surface area contributed by atoms with Gasteiger partial charge in [-0.3, -0.25) is 10.1 Å². The molecule has 0 fully saturated rings. The molecule has 0 aliphatic carbocycles. The SMILES string of the molecule is CCOc1ccc(NCc2ccc(Cl)s2)c([N+](=O)[O-])c1. The van der Waals surface area contributed by atoms with Crippen molar-refractivity contribution >= 4 is 34.3 Å². The Morgan fingerprint density at radius 2 is 2.20 bits per heavy atom. The molecule has 0 radical (unpaired) electrons. The van der Waals surface area contributed by atoms with E-state index in [1.165, 1.54) is 17.4 Å². The lowest BCUT2D eigenvalue weighted by molar-refractivity contribution is -0.384. The summed E-state index contributed by atoms with van der Waals surface area (Å²) in [7, 11) is 0. The number of nitro benzene ring substituents is 1. The highest BCUT2D eigenvalue weighted by Crippen LogP contribution is 2.30. The third-order valence-corrected chi connectivity index (χ3v) is 3.79. The summed E-state index contributed by atoms with van der Waals surface area (Å²) < 4.78 is 5.97. The monoisotopic (exact) mass is 312 g/mol. The van der Waals surface area contributed by atoms with Gasteiger partial charge in [0.15, 0.2) is 0 Å². The average Bonchev–Trinajstić information content (AvgIpc) is 2.83. The van der Waals surface area contributed by atoms with Crippen LogP contribution in [-0.2, 0) is 6.54 Å². The van der Waals surface area contributed by atoms with Crippen LogP contribution in [0.1, 0.15) is 11.8 Å². The predicted molar refractivity (Wildman–Crippen MR) is 80.9 cm³/mol. The number of thiophene rings is 1. The topological polar surface area (TPSA) is 64.4 Å². The third kappa shape index (κ3) is 3.61. The van der Waals surface area contributed by atoms with Gasteiger partial charge in [-0.05, 0) is 31.2 Å². The van der Waals surface area contributed by atoms with Gasteiger partial charge in [-0.15, -0.1) is 11.3 Å². The number of hydrogen-bond donors (Lipinski definition) is 1. The van der Waals surface area contributed by atoms with Crippen LogP contribution in [0.2, 0.25) is 4.34 Å². The van der Waals surface area contributed by atoms with Gasteiger partial charge in [0.1, 0.15) is 11.4 Å². The maximum atomic E-state index is 11.1. The van der Waals surface area contributed by atoms with E-state index in [0.717, 1.165) is 4.88 Å². The lowest BCUT2D eigenvalue weighted by atomic mass is 10.2. The van der Waals surface area contributed by atoms with Crippen molar-refractivity contribution in [2.45, 2.75) is 13.5 Å². The Morgan fingerprint density at radius 1 is 1.40 bits per heavy atom. The fraction of sp³-hybridized carbons (Fsp3) is 0.231. The molecule has 1 aromatic heterocycles. The van der Waals surface area contributed by atoms with Gasteiger partial charge in [0.25, 0.3) is 5.69 Å². The molecule has 7 heteroatoms. The zero-order chi connectivity index (χ0) is 14.5. The molecular formula is C13H13ClN2O3S. The summed E-state index contributed by atoms with van der Waals surface area (Å²) >= 11 is 7.29. The standard InChI is InChI=1S/C13H13ClN2O3S/c1-2-19-9-3-5-11(12(7-9)16(17)18)15-8-10-4-6-13(14)20-10/h3-7,15H,2,8H2,1H3. The minimum absolute atomic E-state index is 0.00129. The van der Waals surface area contributed by atoms with Gasteiger partial charge in [-0.1, -0.05) is 11.6 Å². The van der Waals surface area contributed by atoms with Crippen LogP contribution in [0, 0.1) is 10.1 Å². The first kappa shape index (κ1) is 14.6. The molecule has 1 aromatic carbocycles. The fourth-order valence-corrected chi connectivity index (χ4v) is 2.72. The first-order valence-corrected chi connectivity index (χ1v) is 7.19. The molecule has 0 unspecified atom stereocenters. The van der Waals surface area contributed by atoms with Crippen LogP contribution in [0.5, 0.6) is 5.75 Å². The van der Waals surface area contributed by atoms with Gasteiger partial charge in [0.2, 0.25) is 0 Å². The normalized spacial score (nSPS) is 10.3. The molecule has 2 aromatic rings. The number of nitrogens with one attached hydrogen (secondary N) is 1. The molecule has 0 aliphatic heterocycles. The summed E-state index contributed by atoms with van der Waals surface area (Å²) in [6.07, 6.45) is 0. The lowest BCUT2D eigenvalue weighted by Gasteiger charge is -2.08. The summed E-state index contributed by atoms with van der Waals surface area (Å²) in [4.78, 5) is 11.7. The van der Waals surface area contributed by atoms with E-state index >= 15 is 0 Å². The van der Waals surface area contributed by atoms with E-state index in [-0.39, 0.29) is 5.69 Å². The second kappa shape index (κ2) is 6.58. The maximum Gasteiger partial charge on any atom is 0.296 e. The number of anilines is 1. The van der Waals surface area contributed by atoms with Crippen molar-refractivity contribution in [2.24, 2.45) is 0 Å². The Balaban J connectivity index is 2.15. The summed E-state index contributed by atoms with van der Waals surface area (Å²) in [5.74, 6) is 0.490. The van der Waals surface area contributed by atoms with Gasteiger partial charge < -0.3 is 10.1 Å². The minimum Gasteiger partial charge on any atom is -0.494 e. The van der Waals surface area contributed by atoms with E-state index < -0.39 is 4.92 Å². The molecule has 20 heavy (non-hydrogen) atoms. The highest BCUT2D eigenvalue weighted by molar-refractivity contribution is 7.16. The number of nitro groups is 1. The number of hydrogen-bond acceptors (Lipinski definition) is 5. The van der Waals surface area contributed by atoms with Crippen molar-refractivity contribution in [2.75, 3.05) is 11.9 Å². The van der Waals surface area contributed by atoms with E-state index in [9.17, 15) is 10.1 Å². The van der Waals surface area contributed by atoms with Crippen LogP contribution < -0.4 is 10.1 Å². The molecule has 0 spiro atoms. The van der Waals surface area contributed by atoms with Crippen molar-refractivity contribution in [1.29, 1.82) is 0 Å². The van der Waals surface area contributed by atoms with Crippen LogP contribution >= 0.6 is 22.9 Å². The summed E-state index contributed by atoms with van der Waals surface area (Å²) in [6, 6.07) is 8.47. The zero-order valence-corrected chi connectivity index (χ0v) is 12.3. The van der Waals surface area contributed by atoms with Crippen LogP contribution in [0.15, 0.2) is 30.3 Å². The van der Waals surface area contributed by atoms with Crippen molar-refractivity contribution in [3.63, 3.8) is 0 Å². The average molecular weight is 313 g/mol. The van der Waals surface area contributed by atoms with Gasteiger partial charge in [0, 0.05) is 11.4 Å². The smallest absolute Gasteiger partial charge is 0.296 e. The Labute approximate surface area is 125 Å². The van der Waals surface area contributed by atoms with Gasteiger partial charge >= 0.3 is 0 Å². The van der Waals surface area contributed by atoms with E-state index in [1.54, 1.807) is 18.2 Å². The number of rotatable bonds is 6. The van der Waals surface area contributed by atoms with Crippen molar-refractivity contribution < 1.29 is 9.66 Å². The van der Waals surface area contributed by atoms with Crippen molar-refractivity contribution in [3.05, 3.63) is 49.7 Å². The molecule has 0 atom stereocenters. The second-order valence-electron chi connectivity index (χ2n) is 3.93. The quantitative estimate of drug-likeness (QED) is 0.637. The predicted octanol–water partition coefficient (Wildman–Crippen LogP) is 4.32. The first-order valence-electron chi connectivity index (χ1n) is 5.99. The molecule has 106 valence electrons. The molecule has 1 heterocycles. The molecular weight excluding hydrogens is 300 g/mol. The first-order chi connectivity index (χ1) is 9.60. The van der Waals surface area contributed by atoms with E-state index in [1.807, 2.05) is 13.0 Å². The highest BCUT2D eigenvalue weighted by Gasteiger charge is 2.15. The molecule has 0 saturated carbocycles. The Bertz CT molecular complexity index is 615. The number of halogens is 1. The Kier molecular flexibility index (Phi) is 4.81. The summed E-state index contributed by atoms with van der Waals surface area (Å²) in [5, 5.41) is 14.1. The Morgan fingerprint density at radius 3 is 2.80 bits per heavy atom. The van der Waals surface area contributed by atoms with Gasteiger partial charge in [-0.2, -0.15) is 0 Å². The largest absolute Gasteiger partial charge is 0.494 e. The molecule has 0 amide bonds. The van der Waals surface area contributed by atoms with Crippen LogP contribution in [0.4, 0.5) is 11.4 Å². The molecule has 0 saturated heterocycles. The fourth-order valence-electron chi connectivity index (χ4n) is 1.70. The molecule has 0 bridgehead atoms. The number of ether oxygens (including phenoxy) is 1. The molecule has 1 N–H and O–H groups in total. The van der Waals surface area contributed by atoms with E-state index in [4.69, 9.17) is 16.3 Å². The van der Waals surface area contributed by atoms with Crippen LogP contribution in [0.25, 0.3) is 0 Å². The Hall–Kier alpha value is -1.79. The zero-order valence-electron chi connectivity index (χ0n) is 10.8. The van der Waals surface area contributed by atoms with E-state index in [0.29, 0.717) is 28.9 Å². The van der Waals surface area contributed by atoms with Crippen LogP contribution in [-0.4, -0.2) is 11.5 Å². The van der Waals surface area contributed by atoms with Gasteiger partial charge in [-0.25, -0.2) is 0 Å². The lowest BCUT2D eigenvalue weighted by Crippen LogP contribution is -2.02. The minimum atomic E-state index is -0.424. The van der Waals surface area contributed by atoms with E-state index in [2.05, 4.69) is 5.32 Å². The third-order valence-electron chi connectivity index (χ3n) is 2.56. The van der Waals surface area contributed by atoms with Gasteiger partial charge in [0.05, 0.1) is 21.9 Å².